The summed E-state index contributed by atoms with van der Waals surface area (Å²) in [4.78, 5) is 1.41. The van der Waals surface area contributed by atoms with Gasteiger partial charge >= 0.3 is 0 Å². The zero-order valence-electron chi connectivity index (χ0n) is 24.5. The van der Waals surface area contributed by atoms with Gasteiger partial charge in [0.1, 0.15) is 0 Å². The molecule has 0 saturated carbocycles. The molecule has 0 saturated heterocycles. The molecule has 1 aliphatic heterocycles. The first kappa shape index (κ1) is 25.6. The van der Waals surface area contributed by atoms with Crippen molar-refractivity contribution in [3.8, 4) is 22.3 Å². The largest absolute Gasteiger partial charge is 0.116 e. The molecule has 0 N–H and O–H groups in total. The normalized spacial score (nSPS) is 18.8. The zero-order valence-corrected chi connectivity index (χ0v) is 25.3. The van der Waals surface area contributed by atoms with Gasteiger partial charge in [-0.15, -0.1) is 11.8 Å². The molecular weight excluding hydrogens is 549 g/mol. The zero-order chi connectivity index (χ0) is 29.3. The Morgan fingerprint density at radius 2 is 1.09 bits per heavy atom. The second kappa shape index (κ2) is 9.84. The summed E-state index contributed by atoms with van der Waals surface area (Å²) in [5.74, 6) is 0. The van der Waals surface area contributed by atoms with E-state index in [0.717, 1.165) is 0 Å². The predicted octanol–water partition coefficient (Wildman–Crippen LogP) is 11.9. The molecule has 0 fully saturated rings. The van der Waals surface area contributed by atoms with Crippen LogP contribution in [0, 0.1) is 0 Å². The maximum absolute atomic E-state index is 2.41. The van der Waals surface area contributed by atoms with Crippen LogP contribution < -0.4 is 0 Å². The van der Waals surface area contributed by atoms with E-state index in [1.807, 2.05) is 11.8 Å². The van der Waals surface area contributed by atoms with Crippen molar-refractivity contribution in [2.75, 3.05) is 0 Å². The molecule has 2 atom stereocenters. The second-order valence-electron chi connectivity index (χ2n) is 12.2. The first-order valence-corrected chi connectivity index (χ1v) is 16.3. The molecule has 0 nitrogen and oxygen atoms in total. The summed E-state index contributed by atoms with van der Waals surface area (Å²) in [6.45, 7) is 2.41. The first-order chi connectivity index (χ1) is 21.7. The molecule has 0 aromatic heterocycles. The molecule has 2 unspecified atom stereocenters. The van der Waals surface area contributed by atoms with Crippen LogP contribution in [0.3, 0.4) is 0 Å². The van der Waals surface area contributed by atoms with Crippen LogP contribution in [0.5, 0.6) is 0 Å². The molecule has 208 valence electrons. The Hall–Kier alpha value is -4.85. The summed E-state index contributed by atoms with van der Waals surface area (Å²) in [6, 6.07) is 51.5. The van der Waals surface area contributed by atoms with Gasteiger partial charge in [-0.2, -0.15) is 0 Å². The smallest absolute Gasteiger partial charge is 0.0480 e. The second-order valence-corrected chi connectivity index (χ2v) is 13.4. The highest BCUT2D eigenvalue weighted by Gasteiger charge is 2.46. The van der Waals surface area contributed by atoms with E-state index in [9.17, 15) is 0 Å². The first-order valence-electron chi connectivity index (χ1n) is 15.4. The highest BCUT2D eigenvalue weighted by molar-refractivity contribution is 8.01. The fourth-order valence-electron chi connectivity index (χ4n) is 7.53. The highest BCUT2D eigenvalue weighted by atomic mass is 32.2. The summed E-state index contributed by atoms with van der Waals surface area (Å²) in [5.41, 5.74) is 9.19. The third-order valence-electron chi connectivity index (χ3n) is 9.73. The lowest BCUT2D eigenvalue weighted by atomic mass is 9.72. The molecule has 0 radical (unpaired) electrons. The van der Waals surface area contributed by atoms with Gasteiger partial charge in [0.2, 0.25) is 0 Å². The van der Waals surface area contributed by atoms with Crippen molar-refractivity contribution >= 4 is 49.7 Å². The standard InChI is InChI=1S/C43H30S/c1-43-25-11-21-33(42(43)44-41-32(20-10-22-40(41)43)28-12-3-2-4-13-28)31-15-9-14-29(26-31)30-23-24-38-36-18-6-5-16-34(36)35-17-7-8-19-37(35)39(38)27-30/h2-27,42H,1H3. The molecule has 7 aromatic carbocycles. The van der Waals surface area contributed by atoms with Gasteiger partial charge in [-0.25, -0.2) is 0 Å². The van der Waals surface area contributed by atoms with Gasteiger partial charge in [-0.1, -0.05) is 153 Å². The van der Waals surface area contributed by atoms with E-state index in [4.69, 9.17) is 0 Å². The fraction of sp³-hybridized carbons (Fsp3) is 0.0698. The third-order valence-corrected chi connectivity index (χ3v) is 11.4. The van der Waals surface area contributed by atoms with E-state index in [-0.39, 0.29) is 5.41 Å². The van der Waals surface area contributed by atoms with E-state index < -0.39 is 0 Å². The van der Waals surface area contributed by atoms with E-state index >= 15 is 0 Å². The Morgan fingerprint density at radius 3 is 1.84 bits per heavy atom. The number of hydrogen-bond donors (Lipinski definition) is 0. The Bertz CT molecular complexity index is 2290. The van der Waals surface area contributed by atoms with Gasteiger partial charge in [0.25, 0.3) is 0 Å². The van der Waals surface area contributed by atoms with E-state index in [0.29, 0.717) is 5.25 Å². The Morgan fingerprint density at radius 1 is 0.500 bits per heavy atom. The molecule has 2 aliphatic rings. The lowest BCUT2D eigenvalue weighted by molar-refractivity contribution is 0.629. The van der Waals surface area contributed by atoms with Crippen molar-refractivity contribution in [1.29, 1.82) is 0 Å². The lowest BCUT2D eigenvalue weighted by Crippen LogP contribution is -2.31. The van der Waals surface area contributed by atoms with Gasteiger partial charge in [-0.05, 0) is 83.4 Å². The lowest BCUT2D eigenvalue weighted by Gasteiger charge is -2.33. The Balaban J connectivity index is 1.15. The van der Waals surface area contributed by atoms with Crippen molar-refractivity contribution in [3.63, 3.8) is 0 Å². The Kier molecular flexibility index (Phi) is 5.73. The minimum absolute atomic E-state index is 0.0617. The van der Waals surface area contributed by atoms with Crippen molar-refractivity contribution in [1.82, 2.24) is 0 Å². The molecule has 7 aromatic rings. The van der Waals surface area contributed by atoms with Crippen molar-refractivity contribution in [3.05, 3.63) is 169 Å². The van der Waals surface area contributed by atoms with Crippen LogP contribution in [0.25, 0.3) is 60.1 Å². The summed E-state index contributed by atoms with van der Waals surface area (Å²) in [7, 11) is 0. The topological polar surface area (TPSA) is 0 Å². The van der Waals surface area contributed by atoms with Crippen molar-refractivity contribution in [2.45, 2.75) is 22.5 Å². The average Bonchev–Trinajstić information content (AvgIpc) is 3.41. The molecule has 44 heavy (non-hydrogen) atoms. The quantitative estimate of drug-likeness (QED) is 0.188. The van der Waals surface area contributed by atoms with Crippen LogP contribution in [0.1, 0.15) is 18.1 Å². The molecule has 9 rings (SSSR count). The van der Waals surface area contributed by atoms with Gasteiger partial charge < -0.3 is 0 Å². The third kappa shape index (κ3) is 3.79. The van der Waals surface area contributed by atoms with E-state index in [2.05, 4.69) is 165 Å². The monoisotopic (exact) mass is 578 g/mol. The summed E-state index contributed by atoms with van der Waals surface area (Å²) in [5, 5.41) is 8.18. The minimum Gasteiger partial charge on any atom is -0.116 e. The Labute approximate surface area is 262 Å². The maximum atomic E-state index is 2.41. The van der Waals surface area contributed by atoms with Crippen LogP contribution in [0.15, 0.2) is 163 Å². The van der Waals surface area contributed by atoms with Gasteiger partial charge in [0, 0.05) is 15.6 Å². The molecule has 0 spiro atoms. The maximum Gasteiger partial charge on any atom is 0.0480 e. The number of allylic oxidation sites excluding steroid dienone is 3. The van der Waals surface area contributed by atoms with Gasteiger partial charge in [0.15, 0.2) is 0 Å². The molecule has 1 heterocycles. The SMILES string of the molecule is CC12C=CC=C(c3cccc(-c4ccc5c6ccccc6c6ccccc6c5c4)c3)C1Sc1c(-c3ccccc3)cccc12. The number of hydrogen-bond acceptors (Lipinski definition) is 1. The van der Waals surface area contributed by atoms with Crippen LogP contribution in [-0.4, -0.2) is 5.25 Å². The van der Waals surface area contributed by atoms with E-state index in [1.165, 1.54) is 76.2 Å². The van der Waals surface area contributed by atoms with Crippen LogP contribution in [-0.2, 0) is 5.41 Å². The minimum atomic E-state index is -0.0617. The summed E-state index contributed by atoms with van der Waals surface area (Å²) in [6.07, 6.45) is 7.03. The predicted molar refractivity (Wildman–Crippen MR) is 190 cm³/mol. The molecule has 1 aliphatic carbocycles. The molecule has 1 heteroatoms. The van der Waals surface area contributed by atoms with Gasteiger partial charge in [-0.3, -0.25) is 0 Å². The highest BCUT2D eigenvalue weighted by Crippen LogP contribution is 2.58. The van der Waals surface area contributed by atoms with Crippen LogP contribution >= 0.6 is 11.8 Å². The van der Waals surface area contributed by atoms with Crippen LogP contribution in [0.2, 0.25) is 0 Å². The average molecular weight is 579 g/mol. The number of rotatable bonds is 3. The molecule has 0 amide bonds. The molecule has 0 bridgehead atoms. The van der Waals surface area contributed by atoms with Crippen molar-refractivity contribution < 1.29 is 0 Å². The van der Waals surface area contributed by atoms with Crippen LogP contribution in [0.4, 0.5) is 0 Å². The fourth-order valence-corrected chi connectivity index (χ4v) is 9.29. The molecular formula is C43H30S. The summed E-state index contributed by atoms with van der Waals surface area (Å²) >= 11 is 2.03. The number of thioether (sulfide) groups is 1. The van der Waals surface area contributed by atoms with E-state index in [1.54, 1.807) is 0 Å². The van der Waals surface area contributed by atoms with Gasteiger partial charge in [0.05, 0.1) is 0 Å². The van der Waals surface area contributed by atoms with Crippen molar-refractivity contribution in [2.24, 2.45) is 0 Å². The summed E-state index contributed by atoms with van der Waals surface area (Å²) < 4.78 is 0. The number of benzene rings is 7. The number of fused-ring (bicyclic) bond motifs is 9.